The van der Waals surface area contributed by atoms with E-state index in [1.54, 1.807) is 0 Å². The molecule has 0 radical (unpaired) electrons. The zero-order valence-corrected chi connectivity index (χ0v) is 10.7. The number of benzene rings is 1. The van der Waals surface area contributed by atoms with Crippen molar-refractivity contribution in [1.82, 2.24) is 5.32 Å². The zero-order chi connectivity index (χ0) is 11.4. The molecule has 0 amide bonds. The third-order valence-corrected chi connectivity index (χ3v) is 3.11. The molecule has 16 heavy (non-hydrogen) atoms. The van der Waals surface area contributed by atoms with Gasteiger partial charge >= 0.3 is 0 Å². The third kappa shape index (κ3) is 2.75. The first kappa shape index (κ1) is 11.9. The van der Waals surface area contributed by atoms with Gasteiger partial charge in [0.15, 0.2) is 0 Å². The minimum atomic E-state index is 0.236. The number of halogens is 1. The van der Waals surface area contributed by atoms with Crippen molar-refractivity contribution in [3.63, 3.8) is 0 Å². The van der Waals surface area contributed by atoms with Gasteiger partial charge in [0.05, 0.1) is 6.61 Å². The molecule has 0 fully saturated rings. The number of rotatable bonds is 5. The number of aliphatic hydroxyl groups is 1. The van der Waals surface area contributed by atoms with Crippen molar-refractivity contribution in [2.75, 3.05) is 19.8 Å². The summed E-state index contributed by atoms with van der Waals surface area (Å²) in [6.07, 6.45) is 1.79. The quantitative estimate of drug-likeness (QED) is 0.812. The van der Waals surface area contributed by atoms with Crippen LogP contribution < -0.4 is 10.1 Å². The molecule has 1 heterocycles. The van der Waals surface area contributed by atoms with E-state index in [2.05, 4.69) is 33.4 Å². The molecule has 0 aliphatic carbocycles. The van der Waals surface area contributed by atoms with Crippen LogP contribution in [-0.2, 0) is 13.0 Å². The second-order valence-corrected chi connectivity index (χ2v) is 4.82. The second-order valence-electron chi connectivity index (χ2n) is 3.91. The third-order valence-electron chi connectivity index (χ3n) is 2.65. The van der Waals surface area contributed by atoms with Crippen molar-refractivity contribution in [1.29, 1.82) is 0 Å². The molecule has 0 saturated heterocycles. The molecule has 0 saturated carbocycles. The van der Waals surface area contributed by atoms with Gasteiger partial charge in [-0.3, -0.25) is 0 Å². The molecule has 0 aromatic heterocycles. The van der Waals surface area contributed by atoms with Gasteiger partial charge in [0.2, 0.25) is 0 Å². The van der Waals surface area contributed by atoms with Crippen molar-refractivity contribution in [2.24, 2.45) is 0 Å². The van der Waals surface area contributed by atoms with Crippen LogP contribution >= 0.6 is 15.9 Å². The van der Waals surface area contributed by atoms with E-state index in [0.717, 1.165) is 42.8 Å². The van der Waals surface area contributed by atoms with Gasteiger partial charge in [-0.05, 0) is 30.7 Å². The van der Waals surface area contributed by atoms with E-state index >= 15 is 0 Å². The second kappa shape index (κ2) is 5.66. The lowest BCUT2D eigenvalue weighted by molar-refractivity contribution is 0.285. The number of nitrogens with one attached hydrogen (secondary N) is 1. The van der Waals surface area contributed by atoms with Crippen LogP contribution in [0, 0.1) is 0 Å². The van der Waals surface area contributed by atoms with Crippen LogP contribution in [0.3, 0.4) is 0 Å². The molecule has 0 spiro atoms. The first-order valence-electron chi connectivity index (χ1n) is 5.57. The molecule has 1 aliphatic heterocycles. The minimum Gasteiger partial charge on any atom is -0.493 e. The highest BCUT2D eigenvalue weighted by Crippen LogP contribution is 2.32. The SMILES string of the molecule is OCCCNCc1cc(Br)cc2c1OCC2. The minimum absolute atomic E-state index is 0.236. The first-order chi connectivity index (χ1) is 7.81. The molecule has 4 heteroatoms. The molecule has 1 aromatic carbocycles. The molecule has 3 nitrogen and oxygen atoms in total. The fourth-order valence-electron chi connectivity index (χ4n) is 1.90. The maximum absolute atomic E-state index is 8.69. The van der Waals surface area contributed by atoms with Gasteiger partial charge in [-0.15, -0.1) is 0 Å². The highest BCUT2D eigenvalue weighted by Gasteiger charge is 2.16. The van der Waals surface area contributed by atoms with E-state index in [0.29, 0.717) is 0 Å². The number of ether oxygens (including phenoxy) is 1. The number of hydrogen-bond acceptors (Lipinski definition) is 3. The Bertz CT molecular complexity index is 368. The Balaban J connectivity index is 2.03. The molecule has 0 unspecified atom stereocenters. The Morgan fingerprint density at radius 3 is 3.12 bits per heavy atom. The monoisotopic (exact) mass is 285 g/mol. The lowest BCUT2D eigenvalue weighted by Crippen LogP contribution is -2.16. The molecular weight excluding hydrogens is 270 g/mol. The number of hydrogen-bond donors (Lipinski definition) is 2. The fraction of sp³-hybridized carbons (Fsp3) is 0.500. The Labute approximate surface area is 104 Å². The Kier molecular flexibility index (Phi) is 4.21. The van der Waals surface area contributed by atoms with E-state index in [9.17, 15) is 0 Å². The molecule has 88 valence electrons. The molecular formula is C12H16BrNO2. The lowest BCUT2D eigenvalue weighted by atomic mass is 10.1. The Morgan fingerprint density at radius 1 is 1.44 bits per heavy atom. The molecule has 1 aliphatic rings. The average Bonchev–Trinajstić information content (AvgIpc) is 2.72. The Morgan fingerprint density at radius 2 is 2.31 bits per heavy atom. The maximum atomic E-state index is 8.69. The smallest absolute Gasteiger partial charge is 0.127 e. The van der Waals surface area contributed by atoms with Crippen LogP contribution in [0.1, 0.15) is 17.5 Å². The van der Waals surface area contributed by atoms with Gasteiger partial charge < -0.3 is 15.2 Å². The summed E-state index contributed by atoms with van der Waals surface area (Å²) in [7, 11) is 0. The van der Waals surface area contributed by atoms with Gasteiger partial charge in [0, 0.05) is 29.6 Å². The summed E-state index contributed by atoms with van der Waals surface area (Å²) in [5.74, 6) is 1.04. The molecule has 0 atom stereocenters. The van der Waals surface area contributed by atoms with Crippen molar-refractivity contribution in [3.8, 4) is 5.75 Å². The summed E-state index contributed by atoms with van der Waals surface area (Å²) < 4.78 is 6.74. The van der Waals surface area contributed by atoms with Crippen molar-refractivity contribution < 1.29 is 9.84 Å². The van der Waals surface area contributed by atoms with E-state index in [-0.39, 0.29) is 6.61 Å². The summed E-state index contributed by atoms with van der Waals surface area (Å²) in [5.41, 5.74) is 2.48. The summed E-state index contributed by atoms with van der Waals surface area (Å²) >= 11 is 3.52. The summed E-state index contributed by atoms with van der Waals surface area (Å²) in [6.45, 7) is 2.65. The molecule has 2 N–H and O–H groups in total. The topological polar surface area (TPSA) is 41.5 Å². The maximum Gasteiger partial charge on any atom is 0.127 e. The van der Waals surface area contributed by atoms with Crippen LogP contribution in [0.5, 0.6) is 5.75 Å². The number of aliphatic hydroxyl groups excluding tert-OH is 1. The van der Waals surface area contributed by atoms with Crippen LogP contribution in [0.25, 0.3) is 0 Å². The standard InChI is InChI=1S/C12H16BrNO2/c13-11-6-9-2-5-16-12(9)10(7-11)8-14-3-1-4-15/h6-7,14-15H,1-5,8H2. The molecule has 2 rings (SSSR count). The van der Waals surface area contributed by atoms with Crippen LogP contribution in [-0.4, -0.2) is 24.9 Å². The summed E-state index contributed by atoms with van der Waals surface area (Å²) in [5, 5.41) is 12.0. The van der Waals surface area contributed by atoms with Crippen molar-refractivity contribution in [2.45, 2.75) is 19.4 Å². The van der Waals surface area contributed by atoms with E-state index in [4.69, 9.17) is 9.84 Å². The van der Waals surface area contributed by atoms with Gasteiger partial charge in [0.1, 0.15) is 5.75 Å². The van der Waals surface area contributed by atoms with Crippen molar-refractivity contribution in [3.05, 3.63) is 27.7 Å². The van der Waals surface area contributed by atoms with Crippen LogP contribution in [0.2, 0.25) is 0 Å². The molecule has 1 aromatic rings. The van der Waals surface area contributed by atoms with Gasteiger partial charge in [-0.2, -0.15) is 0 Å². The summed E-state index contributed by atoms with van der Waals surface area (Å²) in [4.78, 5) is 0. The van der Waals surface area contributed by atoms with Crippen LogP contribution in [0.15, 0.2) is 16.6 Å². The van der Waals surface area contributed by atoms with Gasteiger partial charge in [-0.1, -0.05) is 15.9 Å². The van der Waals surface area contributed by atoms with E-state index in [1.165, 1.54) is 11.1 Å². The van der Waals surface area contributed by atoms with Gasteiger partial charge in [0.25, 0.3) is 0 Å². The highest BCUT2D eigenvalue weighted by atomic mass is 79.9. The normalized spacial score (nSPS) is 13.6. The van der Waals surface area contributed by atoms with Gasteiger partial charge in [-0.25, -0.2) is 0 Å². The molecule has 0 bridgehead atoms. The fourth-order valence-corrected chi connectivity index (χ4v) is 2.46. The van der Waals surface area contributed by atoms with E-state index < -0.39 is 0 Å². The predicted octanol–water partition coefficient (Wildman–Crippen LogP) is 1.86. The van der Waals surface area contributed by atoms with Crippen LogP contribution in [0.4, 0.5) is 0 Å². The zero-order valence-electron chi connectivity index (χ0n) is 9.13. The Hall–Kier alpha value is -0.580. The largest absolute Gasteiger partial charge is 0.493 e. The number of fused-ring (bicyclic) bond motifs is 1. The average molecular weight is 286 g/mol. The first-order valence-corrected chi connectivity index (χ1v) is 6.36. The van der Waals surface area contributed by atoms with E-state index in [1.807, 2.05) is 0 Å². The summed E-state index contributed by atoms with van der Waals surface area (Å²) in [6, 6.07) is 4.22. The predicted molar refractivity (Wildman–Crippen MR) is 66.8 cm³/mol. The lowest BCUT2D eigenvalue weighted by Gasteiger charge is -2.09. The van der Waals surface area contributed by atoms with Crippen molar-refractivity contribution >= 4 is 15.9 Å². The highest BCUT2D eigenvalue weighted by molar-refractivity contribution is 9.10.